The summed E-state index contributed by atoms with van der Waals surface area (Å²) in [6, 6.07) is 0. The first-order valence-electron chi connectivity index (χ1n) is 13.1. The van der Waals surface area contributed by atoms with E-state index in [1.807, 2.05) is 20.8 Å². The third-order valence-corrected chi connectivity index (χ3v) is 9.72. The molecule has 2 amide bonds. The molecular weight excluding hydrogens is 436 g/mol. The van der Waals surface area contributed by atoms with Crippen LogP contribution in [0, 0.1) is 46.8 Å². The van der Waals surface area contributed by atoms with Gasteiger partial charge in [0.25, 0.3) is 0 Å². The van der Waals surface area contributed by atoms with Crippen molar-refractivity contribution in [3.05, 3.63) is 0 Å². The van der Waals surface area contributed by atoms with Crippen molar-refractivity contribution in [3.63, 3.8) is 0 Å². The van der Waals surface area contributed by atoms with Gasteiger partial charge in [0.1, 0.15) is 0 Å². The van der Waals surface area contributed by atoms with Gasteiger partial charge in [-0.2, -0.15) is 0 Å². The molecular formula is C26H40N2O6. The number of amides is 2. The average molecular weight is 477 g/mol. The summed E-state index contributed by atoms with van der Waals surface area (Å²) in [5, 5.41) is 25.5. The van der Waals surface area contributed by atoms with Gasteiger partial charge in [-0.3, -0.25) is 19.2 Å². The van der Waals surface area contributed by atoms with Gasteiger partial charge in [0, 0.05) is 17.5 Å². The normalized spacial score (nSPS) is 36.6. The molecule has 0 aliphatic heterocycles. The zero-order valence-electron chi connectivity index (χ0n) is 20.6. The molecule has 1 spiro atoms. The Kier molecular flexibility index (Phi) is 6.73. The summed E-state index contributed by atoms with van der Waals surface area (Å²) in [5.74, 6) is -5.03. The lowest BCUT2D eigenvalue weighted by atomic mass is 9.59. The third-order valence-electron chi connectivity index (χ3n) is 9.72. The number of carboxylic acids is 2. The van der Waals surface area contributed by atoms with E-state index in [1.165, 1.54) is 38.5 Å². The number of aliphatic carboxylic acids is 2. The molecule has 0 aromatic heterocycles. The van der Waals surface area contributed by atoms with E-state index in [9.17, 15) is 29.4 Å². The van der Waals surface area contributed by atoms with Crippen LogP contribution in [0.1, 0.15) is 78.6 Å². The van der Waals surface area contributed by atoms with Gasteiger partial charge in [0.2, 0.25) is 11.8 Å². The average Bonchev–Trinajstić information content (AvgIpc) is 3.39. The van der Waals surface area contributed by atoms with Gasteiger partial charge in [-0.25, -0.2) is 0 Å². The molecule has 0 aromatic carbocycles. The lowest BCUT2D eigenvalue weighted by Gasteiger charge is -2.44. The molecule has 4 aliphatic rings. The van der Waals surface area contributed by atoms with E-state index in [0.29, 0.717) is 24.8 Å². The fourth-order valence-corrected chi connectivity index (χ4v) is 6.73. The maximum absolute atomic E-state index is 12.9. The summed E-state index contributed by atoms with van der Waals surface area (Å²) >= 11 is 0. The predicted molar refractivity (Wildman–Crippen MR) is 125 cm³/mol. The number of carbonyl (C=O) groups is 4. The number of rotatable bonds is 11. The second kappa shape index (κ2) is 9.15. The fourth-order valence-electron chi connectivity index (χ4n) is 6.73. The van der Waals surface area contributed by atoms with Crippen molar-refractivity contribution in [2.45, 2.75) is 84.1 Å². The summed E-state index contributed by atoms with van der Waals surface area (Å²) in [6.07, 6.45) is 9.60. The van der Waals surface area contributed by atoms with Crippen molar-refractivity contribution in [3.8, 4) is 0 Å². The van der Waals surface area contributed by atoms with Crippen molar-refractivity contribution in [2.75, 3.05) is 6.54 Å². The van der Waals surface area contributed by atoms with Crippen LogP contribution in [0.25, 0.3) is 0 Å². The standard InChI is InChI=1S/C26H40N2O6/c1-4-25(2,3)28-22(30)19-20(24(33)34)26(19)12-17(18(26)23(31)32)21(29)27-13-16-11-10-15(16)9-8-14-6-5-7-14/h14-20H,4-13H2,1-3H3,(H,27,29)(H,28,30)(H,31,32)(H,33,34). The van der Waals surface area contributed by atoms with Crippen LogP contribution in [0.4, 0.5) is 0 Å². The maximum Gasteiger partial charge on any atom is 0.307 e. The molecule has 4 rings (SSSR count). The molecule has 0 saturated heterocycles. The quantitative estimate of drug-likeness (QED) is 0.362. The van der Waals surface area contributed by atoms with Crippen LogP contribution in [0.3, 0.4) is 0 Å². The molecule has 4 saturated carbocycles. The van der Waals surface area contributed by atoms with Crippen LogP contribution >= 0.6 is 0 Å². The smallest absolute Gasteiger partial charge is 0.307 e. The maximum atomic E-state index is 12.9. The van der Waals surface area contributed by atoms with Crippen molar-refractivity contribution in [1.29, 1.82) is 0 Å². The van der Waals surface area contributed by atoms with Crippen LogP contribution in [-0.4, -0.2) is 46.0 Å². The van der Waals surface area contributed by atoms with Crippen LogP contribution in [0.15, 0.2) is 0 Å². The van der Waals surface area contributed by atoms with Crippen LogP contribution in [0.5, 0.6) is 0 Å². The lowest BCUT2D eigenvalue weighted by molar-refractivity contribution is -0.164. The zero-order valence-corrected chi connectivity index (χ0v) is 20.6. The number of carboxylic acid groups (broad SMARTS) is 2. The third kappa shape index (κ3) is 4.33. The second-order valence-electron chi connectivity index (χ2n) is 12.0. The highest BCUT2D eigenvalue weighted by Crippen LogP contribution is 2.75. The Morgan fingerprint density at radius 3 is 2.03 bits per heavy atom. The minimum absolute atomic E-state index is 0.132. The first kappa shape index (κ1) is 25.0. The number of hydrogen-bond donors (Lipinski definition) is 4. The van der Waals surface area contributed by atoms with E-state index in [-0.39, 0.29) is 12.3 Å². The highest BCUT2D eigenvalue weighted by molar-refractivity contribution is 5.97. The molecule has 8 heteroatoms. The van der Waals surface area contributed by atoms with Crippen LogP contribution in [-0.2, 0) is 19.2 Å². The molecule has 190 valence electrons. The Morgan fingerprint density at radius 1 is 0.882 bits per heavy atom. The molecule has 7 unspecified atom stereocenters. The number of hydrogen-bond acceptors (Lipinski definition) is 4. The Labute approximate surface area is 201 Å². The van der Waals surface area contributed by atoms with E-state index in [1.54, 1.807) is 0 Å². The summed E-state index contributed by atoms with van der Waals surface area (Å²) in [6.45, 7) is 6.17. The van der Waals surface area contributed by atoms with Gasteiger partial charge < -0.3 is 20.8 Å². The molecule has 4 N–H and O–H groups in total. The van der Waals surface area contributed by atoms with Gasteiger partial charge in [-0.1, -0.05) is 32.6 Å². The van der Waals surface area contributed by atoms with Crippen molar-refractivity contribution in [2.24, 2.45) is 46.8 Å². The molecule has 7 atom stereocenters. The highest BCUT2D eigenvalue weighted by atomic mass is 16.4. The largest absolute Gasteiger partial charge is 0.481 e. The zero-order chi connectivity index (χ0) is 24.8. The minimum atomic E-state index is -1.19. The number of nitrogens with one attached hydrogen (secondary N) is 2. The molecule has 34 heavy (non-hydrogen) atoms. The molecule has 0 heterocycles. The van der Waals surface area contributed by atoms with E-state index < -0.39 is 52.5 Å². The highest BCUT2D eigenvalue weighted by Gasteiger charge is 2.83. The second-order valence-corrected chi connectivity index (χ2v) is 12.0. The summed E-state index contributed by atoms with van der Waals surface area (Å²) in [5.41, 5.74) is -1.68. The van der Waals surface area contributed by atoms with E-state index in [0.717, 1.165) is 12.3 Å². The van der Waals surface area contributed by atoms with Crippen molar-refractivity contribution in [1.82, 2.24) is 10.6 Å². The molecule has 4 fully saturated rings. The van der Waals surface area contributed by atoms with Gasteiger partial charge in [-0.05, 0) is 63.7 Å². The molecule has 4 aliphatic carbocycles. The van der Waals surface area contributed by atoms with Gasteiger partial charge in [0.15, 0.2) is 0 Å². The molecule has 0 bridgehead atoms. The van der Waals surface area contributed by atoms with Crippen molar-refractivity contribution < 1.29 is 29.4 Å². The van der Waals surface area contributed by atoms with Crippen LogP contribution < -0.4 is 10.6 Å². The van der Waals surface area contributed by atoms with Crippen molar-refractivity contribution >= 4 is 23.8 Å². The lowest BCUT2D eigenvalue weighted by Crippen LogP contribution is -2.55. The molecule has 8 nitrogen and oxygen atoms in total. The summed E-state index contributed by atoms with van der Waals surface area (Å²) < 4.78 is 0. The van der Waals surface area contributed by atoms with Gasteiger partial charge in [-0.15, -0.1) is 0 Å². The summed E-state index contributed by atoms with van der Waals surface area (Å²) in [7, 11) is 0. The first-order valence-corrected chi connectivity index (χ1v) is 13.1. The topological polar surface area (TPSA) is 133 Å². The van der Waals surface area contributed by atoms with Gasteiger partial charge in [0.05, 0.1) is 23.7 Å². The molecule has 0 radical (unpaired) electrons. The minimum Gasteiger partial charge on any atom is -0.481 e. The Morgan fingerprint density at radius 2 is 1.53 bits per heavy atom. The Balaban J connectivity index is 1.35. The fraction of sp³-hybridized carbons (Fsp3) is 0.846. The van der Waals surface area contributed by atoms with E-state index >= 15 is 0 Å². The van der Waals surface area contributed by atoms with E-state index in [4.69, 9.17) is 0 Å². The Hall–Kier alpha value is -2.12. The molecule has 0 aromatic rings. The Bertz CT molecular complexity index is 852. The van der Waals surface area contributed by atoms with Gasteiger partial charge >= 0.3 is 11.9 Å². The predicted octanol–water partition coefficient (Wildman–Crippen LogP) is 3.05. The van der Waals surface area contributed by atoms with Crippen LogP contribution in [0.2, 0.25) is 0 Å². The monoisotopic (exact) mass is 476 g/mol. The summed E-state index contributed by atoms with van der Waals surface area (Å²) in [4.78, 5) is 49.9. The number of carbonyl (C=O) groups excluding carboxylic acids is 2. The van der Waals surface area contributed by atoms with E-state index in [2.05, 4.69) is 10.6 Å². The SMILES string of the molecule is CCC(C)(C)NC(=O)C1C(C(=O)O)C12CC(C(=O)NCC1CCC1CCC1CCC1)C2C(=O)O. The first-order chi connectivity index (χ1) is 16.0.